The monoisotopic (exact) mass is 219 g/mol. The Balaban J connectivity index is 2.50. The third-order valence-corrected chi connectivity index (χ3v) is 2.38. The second kappa shape index (κ2) is 3.87. The van der Waals surface area contributed by atoms with Gasteiger partial charge < -0.3 is 5.73 Å². The highest BCUT2D eigenvalue weighted by molar-refractivity contribution is 6.30. The van der Waals surface area contributed by atoms with Crippen molar-refractivity contribution in [1.29, 1.82) is 0 Å². The molecule has 0 aliphatic carbocycles. The maximum atomic E-state index is 5.89. The van der Waals surface area contributed by atoms with Crippen molar-refractivity contribution in [3.8, 4) is 11.3 Å². The van der Waals surface area contributed by atoms with E-state index in [2.05, 4.69) is 10.2 Å². The highest BCUT2D eigenvalue weighted by Crippen LogP contribution is 2.21. The number of aryl methyl sites for hydroxylation is 1. The molecule has 1 heterocycles. The second-order valence-corrected chi connectivity index (χ2v) is 3.74. The van der Waals surface area contributed by atoms with Crippen molar-refractivity contribution < 1.29 is 0 Å². The molecule has 0 spiro atoms. The molecule has 1 aromatic heterocycles. The standard InChI is InChI=1S/C11H10ClN3/c1-7-5-10(14-15-11(7)13)8-3-2-4-9(12)6-8/h2-6H,1H3,(H2,13,15). The van der Waals surface area contributed by atoms with E-state index in [1.807, 2.05) is 37.3 Å². The summed E-state index contributed by atoms with van der Waals surface area (Å²) in [7, 11) is 0. The third kappa shape index (κ3) is 2.07. The normalized spacial score (nSPS) is 10.3. The first-order chi connectivity index (χ1) is 7.16. The molecule has 2 rings (SSSR count). The van der Waals surface area contributed by atoms with Crippen LogP contribution in [0, 0.1) is 6.92 Å². The van der Waals surface area contributed by atoms with E-state index >= 15 is 0 Å². The first-order valence-electron chi connectivity index (χ1n) is 4.52. The zero-order chi connectivity index (χ0) is 10.8. The van der Waals surface area contributed by atoms with Crippen LogP contribution in [0.3, 0.4) is 0 Å². The van der Waals surface area contributed by atoms with Gasteiger partial charge in [-0.15, -0.1) is 10.2 Å². The average Bonchev–Trinajstić information content (AvgIpc) is 2.22. The minimum Gasteiger partial charge on any atom is -0.382 e. The lowest BCUT2D eigenvalue weighted by Gasteiger charge is -2.03. The van der Waals surface area contributed by atoms with Crippen LogP contribution in [0.2, 0.25) is 5.02 Å². The van der Waals surface area contributed by atoms with Crippen LogP contribution in [0.1, 0.15) is 5.56 Å². The summed E-state index contributed by atoms with van der Waals surface area (Å²) in [6.07, 6.45) is 0. The van der Waals surface area contributed by atoms with Crippen molar-refractivity contribution >= 4 is 17.4 Å². The fourth-order valence-corrected chi connectivity index (χ4v) is 1.47. The summed E-state index contributed by atoms with van der Waals surface area (Å²) in [4.78, 5) is 0. The molecule has 2 N–H and O–H groups in total. The lowest BCUT2D eigenvalue weighted by Crippen LogP contribution is -1.97. The maximum absolute atomic E-state index is 5.89. The number of benzene rings is 1. The molecular formula is C11H10ClN3. The Bertz CT molecular complexity index is 497. The van der Waals surface area contributed by atoms with Crippen LogP contribution >= 0.6 is 11.6 Å². The van der Waals surface area contributed by atoms with Gasteiger partial charge >= 0.3 is 0 Å². The molecule has 3 nitrogen and oxygen atoms in total. The largest absolute Gasteiger partial charge is 0.382 e. The molecule has 76 valence electrons. The second-order valence-electron chi connectivity index (χ2n) is 3.31. The van der Waals surface area contributed by atoms with E-state index in [1.165, 1.54) is 0 Å². The van der Waals surface area contributed by atoms with Crippen LogP contribution in [0.25, 0.3) is 11.3 Å². The summed E-state index contributed by atoms with van der Waals surface area (Å²) in [6, 6.07) is 9.38. The summed E-state index contributed by atoms with van der Waals surface area (Å²) in [5.41, 5.74) is 8.24. The van der Waals surface area contributed by atoms with Gasteiger partial charge in [-0.1, -0.05) is 23.7 Å². The van der Waals surface area contributed by atoms with Gasteiger partial charge in [0.2, 0.25) is 0 Å². The van der Waals surface area contributed by atoms with Crippen molar-refractivity contribution in [2.75, 3.05) is 5.73 Å². The average molecular weight is 220 g/mol. The SMILES string of the molecule is Cc1cc(-c2cccc(Cl)c2)nnc1N. The third-order valence-electron chi connectivity index (χ3n) is 2.14. The molecule has 0 saturated heterocycles. The Morgan fingerprint density at radius 2 is 2.00 bits per heavy atom. The molecule has 15 heavy (non-hydrogen) atoms. The smallest absolute Gasteiger partial charge is 0.149 e. The van der Waals surface area contributed by atoms with Gasteiger partial charge in [-0.05, 0) is 30.7 Å². The molecule has 0 aliphatic rings. The Kier molecular flexibility index (Phi) is 2.56. The molecule has 4 heteroatoms. The van der Waals surface area contributed by atoms with E-state index in [-0.39, 0.29) is 0 Å². The van der Waals surface area contributed by atoms with Crippen molar-refractivity contribution in [3.63, 3.8) is 0 Å². The van der Waals surface area contributed by atoms with E-state index in [0.717, 1.165) is 16.8 Å². The Hall–Kier alpha value is -1.61. The molecule has 0 amide bonds. The van der Waals surface area contributed by atoms with Gasteiger partial charge in [-0.3, -0.25) is 0 Å². The van der Waals surface area contributed by atoms with Gasteiger partial charge in [0.1, 0.15) is 5.82 Å². The fourth-order valence-electron chi connectivity index (χ4n) is 1.28. The number of nitrogens with zero attached hydrogens (tertiary/aromatic N) is 2. The van der Waals surface area contributed by atoms with Crippen LogP contribution in [0.5, 0.6) is 0 Å². The maximum Gasteiger partial charge on any atom is 0.149 e. The molecule has 0 fully saturated rings. The number of hydrogen-bond acceptors (Lipinski definition) is 3. The molecule has 0 radical (unpaired) electrons. The summed E-state index contributed by atoms with van der Waals surface area (Å²) in [6.45, 7) is 1.90. The van der Waals surface area contributed by atoms with E-state index < -0.39 is 0 Å². The lowest BCUT2D eigenvalue weighted by molar-refractivity contribution is 1.03. The van der Waals surface area contributed by atoms with Gasteiger partial charge in [0, 0.05) is 10.6 Å². The predicted molar refractivity (Wildman–Crippen MR) is 61.6 cm³/mol. The van der Waals surface area contributed by atoms with Crippen molar-refractivity contribution in [2.45, 2.75) is 6.92 Å². The molecule has 0 bridgehead atoms. The number of anilines is 1. The molecule has 2 aromatic rings. The Morgan fingerprint density at radius 3 is 2.67 bits per heavy atom. The fraction of sp³-hybridized carbons (Fsp3) is 0.0909. The quantitative estimate of drug-likeness (QED) is 0.802. The van der Waals surface area contributed by atoms with Crippen LogP contribution < -0.4 is 5.73 Å². The number of nitrogens with two attached hydrogens (primary N) is 1. The first-order valence-corrected chi connectivity index (χ1v) is 4.90. The number of halogens is 1. The van der Waals surface area contributed by atoms with Gasteiger partial charge in [-0.2, -0.15) is 0 Å². The number of hydrogen-bond donors (Lipinski definition) is 1. The Labute approximate surface area is 92.9 Å². The summed E-state index contributed by atoms with van der Waals surface area (Å²) in [5, 5.41) is 8.57. The topological polar surface area (TPSA) is 51.8 Å². The first kappa shape index (κ1) is 9.93. The summed E-state index contributed by atoms with van der Waals surface area (Å²) >= 11 is 5.89. The predicted octanol–water partition coefficient (Wildman–Crippen LogP) is 2.69. The van der Waals surface area contributed by atoms with E-state index in [4.69, 9.17) is 17.3 Å². The number of rotatable bonds is 1. The number of nitrogen functional groups attached to an aromatic ring is 1. The van der Waals surface area contributed by atoms with Gasteiger partial charge in [0.25, 0.3) is 0 Å². The summed E-state index contributed by atoms with van der Waals surface area (Å²) < 4.78 is 0. The van der Waals surface area contributed by atoms with Crippen LogP contribution in [0.15, 0.2) is 30.3 Å². The van der Waals surface area contributed by atoms with Gasteiger partial charge in [0.15, 0.2) is 0 Å². The van der Waals surface area contributed by atoms with E-state index in [0.29, 0.717) is 10.8 Å². The van der Waals surface area contributed by atoms with E-state index in [9.17, 15) is 0 Å². The van der Waals surface area contributed by atoms with Crippen LogP contribution in [-0.2, 0) is 0 Å². The molecule has 1 aromatic carbocycles. The number of aromatic nitrogens is 2. The highest BCUT2D eigenvalue weighted by atomic mass is 35.5. The van der Waals surface area contributed by atoms with E-state index in [1.54, 1.807) is 0 Å². The van der Waals surface area contributed by atoms with Crippen LogP contribution in [-0.4, -0.2) is 10.2 Å². The van der Waals surface area contributed by atoms with Gasteiger partial charge in [-0.25, -0.2) is 0 Å². The minimum absolute atomic E-state index is 0.459. The summed E-state index contributed by atoms with van der Waals surface area (Å²) in [5.74, 6) is 0.459. The minimum atomic E-state index is 0.459. The van der Waals surface area contributed by atoms with Crippen molar-refractivity contribution in [1.82, 2.24) is 10.2 Å². The zero-order valence-corrected chi connectivity index (χ0v) is 8.99. The van der Waals surface area contributed by atoms with Crippen molar-refractivity contribution in [2.24, 2.45) is 0 Å². The molecule has 0 saturated carbocycles. The molecule has 0 aliphatic heterocycles. The highest BCUT2D eigenvalue weighted by Gasteiger charge is 2.03. The molecule has 0 atom stereocenters. The molecule has 0 unspecified atom stereocenters. The zero-order valence-electron chi connectivity index (χ0n) is 8.24. The Morgan fingerprint density at radius 1 is 1.20 bits per heavy atom. The molecular weight excluding hydrogens is 210 g/mol. The van der Waals surface area contributed by atoms with Crippen molar-refractivity contribution in [3.05, 3.63) is 40.9 Å². The van der Waals surface area contributed by atoms with Crippen LogP contribution in [0.4, 0.5) is 5.82 Å². The van der Waals surface area contributed by atoms with Gasteiger partial charge in [0.05, 0.1) is 5.69 Å². The lowest BCUT2D eigenvalue weighted by atomic mass is 10.1.